The summed E-state index contributed by atoms with van der Waals surface area (Å²) >= 11 is 2.06. The molecule has 2 unspecified atom stereocenters. The van der Waals surface area contributed by atoms with Crippen LogP contribution < -0.4 is 5.73 Å². The number of anilines is 1. The molecule has 0 spiro atoms. The van der Waals surface area contributed by atoms with Crippen LogP contribution in [-0.4, -0.2) is 33.5 Å². The number of aromatic nitrogens is 1. The van der Waals surface area contributed by atoms with Crippen LogP contribution in [0.2, 0.25) is 0 Å². The number of rotatable bonds is 2. The van der Waals surface area contributed by atoms with Crippen LogP contribution in [0.3, 0.4) is 0 Å². The van der Waals surface area contributed by atoms with Gasteiger partial charge in [-0.15, -0.1) is 0 Å². The van der Waals surface area contributed by atoms with Crippen molar-refractivity contribution in [2.45, 2.75) is 31.7 Å². The van der Waals surface area contributed by atoms with E-state index in [1.54, 1.807) is 6.20 Å². The van der Waals surface area contributed by atoms with Crippen LogP contribution in [0, 0.1) is 0 Å². The molecule has 1 aliphatic rings. The van der Waals surface area contributed by atoms with Crippen molar-refractivity contribution < 1.29 is 0 Å². The number of nitrogens with two attached hydrogens (primary N) is 1. The molecule has 16 heavy (non-hydrogen) atoms. The normalized spacial score (nSPS) is 26.9. The van der Waals surface area contributed by atoms with E-state index in [0.29, 0.717) is 17.1 Å². The lowest BCUT2D eigenvalue weighted by Crippen LogP contribution is -2.43. The minimum Gasteiger partial charge on any atom is -0.384 e. The van der Waals surface area contributed by atoms with Crippen LogP contribution >= 0.6 is 11.8 Å². The number of nitrogens with zero attached hydrogens (tertiary/aromatic N) is 2. The molecule has 0 saturated carbocycles. The Morgan fingerprint density at radius 2 is 2.38 bits per heavy atom. The maximum absolute atomic E-state index is 5.69. The van der Waals surface area contributed by atoms with Crippen LogP contribution in [0.15, 0.2) is 18.3 Å². The molecular weight excluding hydrogens is 218 g/mol. The van der Waals surface area contributed by atoms with Gasteiger partial charge in [-0.05, 0) is 24.6 Å². The average Bonchev–Trinajstić information content (AvgIpc) is 2.25. The predicted molar refractivity (Wildman–Crippen MR) is 70.4 cm³/mol. The van der Waals surface area contributed by atoms with Crippen molar-refractivity contribution >= 4 is 17.6 Å². The van der Waals surface area contributed by atoms with Crippen LogP contribution in [0.1, 0.15) is 19.4 Å². The largest absolute Gasteiger partial charge is 0.384 e. The number of nitrogen functional groups attached to an aromatic ring is 1. The molecule has 1 saturated heterocycles. The summed E-state index contributed by atoms with van der Waals surface area (Å²) in [6.07, 6.45) is 1.79. The molecule has 1 aliphatic heterocycles. The second kappa shape index (κ2) is 5.06. The van der Waals surface area contributed by atoms with Gasteiger partial charge in [-0.2, -0.15) is 11.8 Å². The van der Waals surface area contributed by atoms with Gasteiger partial charge in [0.1, 0.15) is 5.82 Å². The van der Waals surface area contributed by atoms with Crippen LogP contribution in [0.5, 0.6) is 0 Å². The molecule has 0 aromatic carbocycles. The van der Waals surface area contributed by atoms with Crippen LogP contribution in [0.25, 0.3) is 0 Å². The van der Waals surface area contributed by atoms with Gasteiger partial charge in [-0.25, -0.2) is 4.98 Å². The number of pyridine rings is 1. The molecule has 1 aromatic rings. The second-order valence-corrected chi connectivity index (χ2v) is 5.86. The summed E-state index contributed by atoms with van der Waals surface area (Å²) in [5.41, 5.74) is 6.95. The van der Waals surface area contributed by atoms with E-state index < -0.39 is 0 Å². The zero-order chi connectivity index (χ0) is 11.5. The third-order valence-electron chi connectivity index (χ3n) is 3.25. The predicted octanol–water partition coefficient (Wildman–Crippen LogP) is 1.99. The number of thioether (sulfide) groups is 1. The molecule has 2 heterocycles. The molecule has 4 heteroatoms. The smallest absolute Gasteiger partial charge is 0.123 e. The molecule has 0 bridgehead atoms. The topological polar surface area (TPSA) is 42.2 Å². The molecule has 2 atom stereocenters. The molecular formula is C12H19N3S. The van der Waals surface area contributed by atoms with E-state index in [9.17, 15) is 0 Å². The van der Waals surface area contributed by atoms with E-state index in [-0.39, 0.29) is 0 Å². The van der Waals surface area contributed by atoms with Gasteiger partial charge >= 0.3 is 0 Å². The fourth-order valence-electron chi connectivity index (χ4n) is 2.05. The van der Waals surface area contributed by atoms with Crippen molar-refractivity contribution in [3.05, 3.63) is 23.9 Å². The molecule has 88 valence electrons. The van der Waals surface area contributed by atoms with Gasteiger partial charge in [0.2, 0.25) is 0 Å². The third kappa shape index (κ3) is 2.68. The summed E-state index contributed by atoms with van der Waals surface area (Å²) in [6, 6.07) is 4.65. The van der Waals surface area contributed by atoms with Gasteiger partial charge in [0.15, 0.2) is 0 Å². The molecule has 0 aliphatic carbocycles. The molecule has 0 amide bonds. The lowest BCUT2D eigenvalue weighted by molar-refractivity contribution is 0.204. The van der Waals surface area contributed by atoms with Crippen LogP contribution in [-0.2, 0) is 6.54 Å². The van der Waals surface area contributed by atoms with Crippen molar-refractivity contribution in [1.29, 1.82) is 0 Å². The SMILES string of the molecule is CC1SCCN(Cc2ccnc(N)c2)C1C. The minimum absolute atomic E-state index is 0.615. The summed E-state index contributed by atoms with van der Waals surface area (Å²) in [4.78, 5) is 6.55. The fraction of sp³-hybridized carbons (Fsp3) is 0.583. The van der Waals surface area contributed by atoms with Gasteiger partial charge in [0, 0.05) is 36.3 Å². The van der Waals surface area contributed by atoms with Crippen molar-refractivity contribution in [1.82, 2.24) is 9.88 Å². The molecule has 0 radical (unpaired) electrons. The highest BCUT2D eigenvalue weighted by Gasteiger charge is 2.24. The summed E-state index contributed by atoms with van der Waals surface area (Å²) in [5.74, 6) is 1.84. The molecule has 3 nitrogen and oxygen atoms in total. The van der Waals surface area contributed by atoms with Crippen molar-refractivity contribution in [3.8, 4) is 0 Å². The average molecular weight is 237 g/mol. The van der Waals surface area contributed by atoms with E-state index in [2.05, 4.69) is 41.6 Å². The van der Waals surface area contributed by atoms with Gasteiger partial charge in [-0.3, -0.25) is 4.90 Å². The molecule has 1 aromatic heterocycles. The van der Waals surface area contributed by atoms with Gasteiger partial charge in [0.05, 0.1) is 0 Å². The number of hydrogen-bond acceptors (Lipinski definition) is 4. The van der Waals surface area contributed by atoms with Crippen molar-refractivity contribution in [2.24, 2.45) is 0 Å². The molecule has 2 N–H and O–H groups in total. The Morgan fingerprint density at radius 1 is 1.56 bits per heavy atom. The quantitative estimate of drug-likeness (QED) is 0.854. The Labute approximate surface area is 101 Å². The zero-order valence-corrected chi connectivity index (χ0v) is 10.7. The van der Waals surface area contributed by atoms with E-state index in [1.165, 1.54) is 17.9 Å². The van der Waals surface area contributed by atoms with E-state index >= 15 is 0 Å². The highest BCUT2D eigenvalue weighted by molar-refractivity contribution is 8.00. The second-order valence-electron chi connectivity index (χ2n) is 4.38. The summed E-state index contributed by atoms with van der Waals surface area (Å²) in [6.45, 7) is 6.76. The Balaban J connectivity index is 2.03. The van der Waals surface area contributed by atoms with E-state index in [1.807, 2.05) is 6.07 Å². The van der Waals surface area contributed by atoms with E-state index in [4.69, 9.17) is 5.73 Å². The fourth-order valence-corrected chi connectivity index (χ4v) is 3.21. The first-order valence-electron chi connectivity index (χ1n) is 5.73. The minimum atomic E-state index is 0.615. The van der Waals surface area contributed by atoms with Gasteiger partial charge < -0.3 is 5.73 Å². The lowest BCUT2D eigenvalue weighted by atomic mass is 10.1. The summed E-state index contributed by atoms with van der Waals surface area (Å²) in [7, 11) is 0. The molecule has 1 fully saturated rings. The highest BCUT2D eigenvalue weighted by atomic mass is 32.2. The maximum atomic E-state index is 5.69. The Hall–Kier alpha value is -0.740. The van der Waals surface area contributed by atoms with Crippen molar-refractivity contribution in [3.63, 3.8) is 0 Å². The lowest BCUT2D eigenvalue weighted by Gasteiger charge is -2.37. The monoisotopic (exact) mass is 237 g/mol. The highest BCUT2D eigenvalue weighted by Crippen LogP contribution is 2.25. The Bertz CT molecular complexity index is 356. The first-order chi connectivity index (χ1) is 7.66. The summed E-state index contributed by atoms with van der Waals surface area (Å²) in [5, 5.41) is 0.716. The van der Waals surface area contributed by atoms with Gasteiger partial charge in [-0.1, -0.05) is 6.92 Å². The Morgan fingerprint density at radius 3 is 3.12 bits per heavy atom. The third-order valence-corrected chi connectivity index (χ3v) is 4.58. The zero-order valence-electron chi connectivity index (χ0n) is 9.89. The van der Waals surface area contributed by atoms with Crippen LogP contribution in [0.4, 0.5) is 5.82 Å². The first kappa shape index (κ1) is 11.7. The standard InChI is InChI=1S/C12H19N3S/c1-9-10(2)16-6-5-15(9)8-11-3-4-14-12(13)7-11/h3-4,7,9-10H,5-6,8H2,1-2H3,(H2,13,14). The molecule has 2 rings (SSSR count). The Kier molecular flexibility index (Phi) is 3.71. The van der Waals surface area contributed by atoms with Gasteiger partial charge in [0.25, 0.3) is 0 Å². The maximum Gasteiger partial charge on any atom is 0.123 e. The first-order valence-corrected chi connectivity index (χ1v) is 6.78. The number of hydrogen-bond donors (Lipinski definition) is 1. The summed E-state index contributed by atoms with van der Waals surface area (Å²) < 4.78 is 0. The van der Waals surface area contributed by atoms with E-state index in [0.717, 1.165) is 6.54 Å². The van der Waals surface area contributed by atoms with Crippen molar-refractivity contribution in [2.75, 3.05) is 18.0 Å².